The third-order valence-electron chi connectivity index (χ3n) is 3.93. The topological polar surface area (TPSA) is 46.2 Å². The largest absolute Gasteiger partial charge is 0.381 e. The van der Waals surface area contributed by atoms with Gasteiger partial charge in [-0.2, -0.15) is 0 Å². The van der Waals surface area contributed by atoms with Crippen molar-refractivity contribution in [3.8, 4) is 0 Å². The highest BCUT2D eigenvalue weighted by Gasteiger charge is 2.28. The van der Waals surface area contributed by atoms with Gasteiger partial charge in [-0.3, -0.25) is 0 Å². The van der Waals surface area contributed by atoms with Crippen molar-refractivity contribution < 1.29 is 8.42 Å². The third-order valence-corrected chi connectivity index (χ3v) is 5.37. The van der Waals surface area contributed by atoms with Crippen LogP contribution in [0.3, 0.4) is 0 Å². The monoisotopic (exact) mass is 315 g/mol. The highest BCUT2D eigenvalue weighted by molar-refractivity contribution is 7.90. The van der Waals surface area contributed by atoms with Gasteiger partial charge >= 0.3 is 0 Å². The normalized spacial score (nSPS) is 22.5. The summed E-state index contributed by atoms with van der Waals surface area (Å²) in [6.07, 6.45) is 5.81. The van der Waals surface area contributed by atoms with E-state index in [2.05, 4.69) is 19.2 Å². The first-order valence-electron chi connectivity index (χ1n) is 6.94. The predicted molar refractivity (Wildman–Crippen MR) is 84.2 cm³/mol. The lowest BCUT2D eigenvalue weighted by molar-refractivity contribution is 0.229. The quantitative estimate of drug-likeness (QED) is 0.912. The Morgan fingerprint density at radius 1 is 1.35 bits per heavy atom. The summed E-state index contributed by atoms with van der Waals surface area (Å²) in [5.74, 6) is 0. The van der Waals surface area contributed by atoms with Crippen LogP contribution in [0.25, 0.3) is 0 Å². The lowest BCUT2D eigenvalue weighted by Gasteiger charge is -2.36. The van der Waals surface area contributed by atoms with Crippen LogP contribution in [0, 0.1) is 5.41 Å². The molecule has 3 nitrogen and oxygen atoms in total. The fourth-order valence-electron chi connectivity index (χ4n) is 2.89. The number of benzene rings is 1. The Morgan fingerprint density at radius 3 is 2.65 bits per heavy atom. The summed E-state index contributed by atoms with van der Waals surface area (Å²) >= 11 is 6.18. The van der Waals surface area contributed by atoms with Gasteiger partial charge in [0.2, 0.25) is 0 Å². The van der Waals surface area contributed by atoms with Gasteiger partial charge in [0, 0.05) is 12.3 Å². The number of anilines is 1. The Labute approximate surface area is 126 Å². The minimum Gasteiger partial charge on any atom is -0.381 e. The van der Waals surface area contributed by atoms with Crippen molar-refractivity contribution in [2.75, 3.05) is 11.6 Å². The molecule has 0 spiro atoms. The fourth-order valence-corrected chi connectivity index (χ4v) is 3.71. The molecule has 1 fully saturated rings. The van der Waals surface area contributed by atoms with Crippen LogP contribution >= 0.6 is 11.6 Å². The first kappa shape index (κ1) is 15.6. The molecule has 1 saturated carbocycles. The van der Waals surface area contributed by atoms with Crippen LogP contribution in [0.1, 0.15) is 39.5 Å². The van der Waals surface area contributed by atoms with E-state index in [1.54, 1.807) is 18.2 Å². The molecule has 1 unspecified atom stereocenters. The van der Waals surface area contributed by atoms with Gasteiger partial charge in [-0.15, -0.1) is 0 Å². The molecule has 0 heterocycles. The predicted octanol–water partition coefficient (Wildman–Crippen LogP) is 4.12. The summed E-state index contributed by atoms with van der Waals surface area (Å²) in [6.45, 7) is 4.55. The molecule has 1 aliphatic carbocycles. The van der Waals surface area contributed by atoms with E-state index < -0.39 is 9.84 Å². The number of halogens is 1. The number of sulfone groups is 1. The van der Waals surface area contributed by atoms with E-state index in [9.17, 15) is 8.42 Å². The Hall–Kier alpha value is -0.740. The molecule has 1 aromatic rings. The Kier molecular flexibility index (Phi) is 4.35. The van der Waals surface area contributed by atoms with Crippen LogP contribution in [0.5, 0.6) is 0 Å². The van der Waals surface area contributed by atoms with Gasteiger partial charge in [0.15, 0.2) is 9.84 Å². The molecule has 0 radical (unpaired) electrons. The summed E-state index contributed by atoms with van der Waals surface area (Å²) < 4.78 is 23.2. The molecule has 1 aliphatic rings. The molecule has 1 atom stereocenters. The molecule has 5 heteroatoms. The molecule has 0 amide bonds. The van der Waals surface area contributed by atoms with E-state index in [1.165, 1.54) is 19.1 Å². The lowest BCUT2D eigenvalue weighted by atomic mass is 9.75. The van der Waals surface area contributed by atoms with Crippen LogP contribution < -0.4 is 5.32 Å². The van der Waals surface area contributed by atoms with Crippen LogP contribution in [0.15, 0.2) is 23.1 Å². The van der Waals surface area contributed by atoms with E-state index in [0.717, 1.165) is 18.5 Å². The average molecular weight is 316 g/mol. The van der Waals surface area contributed by atoms with Crippen molar-refractivity contribution >= 4 is 27.1 Å². The summed E-state index contributed by atoms with van der Waals surface area (Å²) in [6, 6.07) is 5.19. The van der Waals surface area contributed by atoms with Gasteiger partial charge in [0.05, 0.1) is 15.6 Å². The van der Waals surface area contributed by atoms with Gasteiger partial charge < -0.3 is 5.32 Å². The molecule has 0 saturated heterocycles. The molecule has 2 rings (SSSR count). The second-order valence-corrected chi connectivity index (χ2v) is 8.94. The van der Waals surface area contributed by atoms with Crippen LogP contribution in [-0.4, -0.2) is 20.7 Å². The van der Waals surface area contributed by atoms with E-state index in [0.29, 0.717) is 21.4 Å². The standard InChI is InChI=1S/C15H22ClNO2S/c1-15(2)8-4-5-11(10-15)17-14-9-12(20(3,18)19)6-7-13(14)16/h6-7,9,11,17H,4-5,8,10H2,1-3H3. The van der Waals surface area contributed by atoms with E-state index in [4.69, 9.17) is 11.6 Å². The van der Waals surface area contributed by atoms with E-state index in [-0.39, 0.29) is 0 Å². The highest BCUT2D eigenvalue weighted by atomic mass is 35.5. The Bertz CT molecular complexity index is 596. The van der Waals surface area contributed by atoms with Gasteiger partial charge in [-0.05, 0) is 42.9 Å². The van der Waals surface area contributed by atoms with Gasteiger partial charge in [-0.25, -0.2) is 8.42 Å². The summed E-state index contributed by atoms with van der Waals surface area (Å²) in [4.78, 5) is 0.305. The molecule has 0 aliphatic heterocycles. The van der Waals surface area contributed by atoms with Crippen molar-refractivity contribution in [2.45, 2.75) is 50.5 Å². The highest BCUT2D eigenvalue weighted by Crippen LogP contribution is 2.37. The molecule has 1 aromatic carbocycles. The maximum atomic E-state index is 11.6. The Balaban J connectivity index is 2.21. The minimum absolute atomic E-state index is 0.305. The van der Waals surface area contributed by atoms with Crippen molar-refractivity contribution in [1.29, 1.82) is 0 Å². The summed E-state index contributed by atoms with van der Waals surface area (Å²) in [5, 5.41) is 3.99. The summed E-state index contributed by atoms with van der Waals surface area (Å²) in [5.41, 5.74) is 1.05. The molecular formula is C15H22ClNO2S. The van der Waals surface area contributed by atoms with Crippen LogP contribution in [0.4, 0.5) is 5.69 Å². The van der Waals surface area contributed by atoms with Crippen molar-refractivity contribution in [3.05, 3.63) is 23.2 Å². The number of rotatable bonds is 3. The van der Waals surface area contributed by atoms with Crippen LogP contribution in [-0.2, 0) is 9.84 Å². The average Bonchev–Trinajstić information content (AvgIpc) is 2.29. The number of nitrogens with one attached hydrogen (secondary N) is 1. The lowest BCUT2D eigenvalue weighted by Crippen LogP contribution is -2.31. The first-order valence-corrected chi connectivity index (χ1v) is 9.20. The fraction of sp³-hybridized carbons (Fsp3) is 0.600. The van der Waals surface area contributed by atoms with Crippen molar-refractivity contribution in [3.63, 3.8) is 0 Å². The van der Waals surface area contributed by atoms with E-state index in [1.807, 2.05) is 0 Å². The maximum Gasteiger partial charge on any atom is 0.175 e. The minimum atomic E-state index is -3.20. The maximum absolute atomic E-state index is 11.6. The third kappa shape index (κ3) is 3.89. The molecular weight excluding hydrogens is 294 g/mol. The van der Waals surface area contributed by atoms with E-state index >= 15 is 0 Å². The molecule has 1 N–H and O–H groups in total. The SMILES string of the molecule is CC1(C)CCCC(Nc2cc(S(C)(=O)=O)ccc2Cl)C1. The van der Waals surface area contributed by atoms with Gasteiger partial charge in [0.25, 0.3) is 0 Å². The smallest absolute Gasteiger partial charge is 0.175 e. The molecule has 112 valence electrons. The summed E-state index contributed by atoms with van der Waals surface area (Å²) in [7, 11) is -3.20. The molecule has 0 bridgehead atoms. The van der Waals surface area contributed by atoms with Crippen molar-refractivity contribution in [1.82, 2.24) is 0 Å². The number of hydrogen-bond donors (Lipinski definition) is 1. The zero-order valence-electron chi connectivity index (χ0n) is 12.2. The second kappa shape index (κ2) is 5.57. The van der Waals surface area contributed by atoms with Crippen molar-refractivity contribution in [2.24, 2.45) is 5.41 Å². The van der Waals surface area contributed by atoms with Crippen LogP contribution in [0.2, 0.25) is 5.02 Å². The zero-order valence-corrected chi connectivity index (χ0v) is 13.8. The first-order chi connectivity index (χ1) is 9.17. The van der Waals surface area contributed by atoms with Gasteiger partial charge in [0.1, 0.15) is 0 Å². The van der Waals surface area contributed by atoms with Gasteiger partial charge in [-0.1, -0.05) is 31.9 Å². The second-order valence-electron chi connectivity index (χ2n) is 6.52. The number of hydrogen-bond acceptors (Lipinski definition) is 3. The zero-order chi connectivity index (χ0) is 15.0. The molecule has 20 heavy (non-hydrogen) atoms. The Morgan fingerprint density at radius 2 is 2.05 bits per heavy atom. The molecule has 0 aromatic heterocycles.